The molecule has 2 heteroatoms. The van der Waals surface area contributed by atoms with Gasteiger partial charge < -0.3 is 0 Å². The lowest BCUT2D eigenvalue weighted by Gasteiger charge is -2.01. The highest BCUT2D eigenvalue weighted by molar-refractivity contribution is 8.01. The predicted molar refractivity (Wildman–Crippen MR) is 44.2 cm³/mol. The first-order valence-electron chi connectivity index (χ1n) is 3.43. The van der Waals surface area contributed by atoms with Gasteiger partial charge in [0.05, 0.1) is 5.37 Å². The second-order valence-corrected chi connectivity index (χ2v) is 3.94. The van der Waals surface area contributed by atoms with E-state index < -0.39 is 0 Å². The fourth-order valence-corrected chi connectivity index (χ4v) is 2.03. The lowest BCUT2D eigenvalue weighted by molar-refractivity contribution is 0.880. The zero-order chi connectivity index (χ0) is 6.85. The Kier molecular flexibility index (Phi) is 2.17. The first-order chi connectivity index (χ1) is 4.24. The molecule has 1 nitrogen and oxygen atoms in total. The SMILES string of the molecule is CC[C@H]1N=C(C)[C@H](C)S1. The van der Waals surface area contributed by atoms with E-state index in [0.717, 1.165) is 0 Å². The quantitative estimate of drug-likeness (QED) is 0.548. The molecular weight excluding hydrogens is 130 g/mol. The third kappa shape index (κ3) is 1.48. The molecule has 0 aromatic rings. The average molecular weight is 143 g/mol. The van der Waals surface area contributed by atoms with E-state index in [0.29, 0.717) is 10.6 Å². The monoisotopic (exact) mass is 143 g/mol. The molecule has 1 aliphatic rings. The van der Waals surface area contributed by atoms with Crippen LogP contribution in [0.25, 0.3) is 0 Å². The Labute approximate surface area is 60.9 Å². The number of hydrogen-bond acceptors (Lipinski definition) is 2. The van der Waals surface area contributed by atoms with Gasteiger partial charge in [-0.05, 0) is 20.3 Å². The van der Waals surface area contributed by atoms with Gasteiger partial charge in [0.15, 0.2) is 0 Å². The van der Waals surface area contributed by atoms with Crippen molar-refractivity contribution >= 4 is 17.5 Å². The van der Waals surface area contributed by atoms with E-state index in [9.17, 15) is 0 Å². The van der Waals surface area contributed by atoms with E-state index >= 15 is 0 Å². The Morgan fingerprint density at radius 3 is 2.56 bits per heavy atom. The maximum absolute atomic E-state index is 4.47. The molecule has 0 aliphatic carbocycles. The van der Waals surface area contributed by atoms with Crippen LogP contribution in [0, 0.1) is 0 Å². The Balaban J connectivity index is 2.52. The Bertz CT molecular complexity index is 131. The zero-order valence-corrected chi connectivity index (χ0v) is 7.03. The molecule has 0 bridgehead atoms. The summed E-state index contributed by atoms with van der Waals surface area (Å²) in [5.74, 6) is 0. The molecule has 0 aromatic heterocycles. The Morgan fingerprint density at radius 1 is 1.67 bits per heavy atom. The van der Waals surface area contributed by atoms with Crippen LogP contribution in [0.1, 0.15) is 27.2 Å². The van der Waals surface area contributed by atoms with Crippen LogP contribution in [0.15, 0.2) is 4.99 Å². The smallest absolute Gasteiger partial charge is 0.0954 e. The van der Waals surface area contributed by atoms with Crippen molar-refractivity contribution in [3.05, 3.63) is 0 Å². The van der Waals surface area contributed by atoms with Gasteiger partial charge in [-0.2, -0.15) is 0 Å². The minimum atomic E-state index is 0.556. The van der Waals surface area contributed by atoms with Crippen molar-refractivity contribution in [3.63, 3.8) is 0 Å². The zero-order valence-electron chi connectivity index (χ0n) is 6.22. The van der Waals surface area contributed by atoms with Crippen molar-refractivity contribution in [2.24, 2.45) is 4.99 Å². The van der Waals surface area contributed by atoms with Crippen molar-refractivity contribution in [2.45, 2.75) is 37.8 Å². The van der Waals surface area contributed by atoms with Crippen LogP contribution in [0.5, 0.6) is 0 Å². The summed E-state index contributed by atoms with van der Waals surface area (Å²) in [6.45, 7) is 6.53. The van der Waals surface area contributed by atoms with Crippen molar-refractivity contribution in [2.75, 3.05) is 0 Å². The highest BCUT2D eigenvalue weighted by atomic mass is 32.2. The minimum absolute atomic E-state index is 0.556. The fraction of sp³-hybridized carbons (Fsp3) is 0.857. The summed E-state index contributed by atoms with van der Waals surface area (Å²) >= 11 is 1.97. The van der Waals surface area contributed by atoms with Crippen LogP contribution in [-0.2, 0) is 0 Å². The third-order valence-corrected chi connectivity index (χ3v) is 3.15. The van der Waals surface area contributed by atoms with Crippen LogP contribution in [0.2, 0.25) is 0 Å². The van der Waals surface area contributed by atoms with Gasteiger partial charge in [-0.1, -0.05) is 6.92 Å². The second-order valence-electron chi connectivity index (χ2n) is 2.41. The highest BCUT2D eigenvalue weighted by Crippen LogP contribution is 2.28. The van der Waals surface area contributed by atoms with Crippen molar-refractivity contribution in [1.29, 1.82) is 0 Å². The number of nitrogens with zero attached hydrogens (tertiary/aromatic N) is 1. The molecule has 0 saturated carbocycles. The normalized spacial score (nSPS) is 34.8. The summed E-state index contributed by atoms with van der Waals surface area (Å²) in [7, 11) is 0. The van der Waals surface area contributed by atoms with Gasteiger partial charge >= 0.3 is 0 Å². The predicted octanol–water partition coefficient (Wildman–Crippen LogP) is 2.32. The summed E-state index contributed by atoms with van der Waals surface area (Å²) < 4.78 is 0. The van der Waals surface area contributed by atoms with Crippen LogP contribution in [-0.4, -0.2) is 16.3 Å². The fourth-order valence-electron chi connectivity index (χ4n) is 0.884. The molecule has 0 amide bonds. The van der Waals surface area contributed by atoms with Crippen LogP contribution in [0.3, 0.4) is 0 Å². The van der Waals surface area contributed by atoms with Gasteiger partial charge in [0.2, 0.25) is 0 Å². The van der Waals surface area contributed by atoms with Crippen molar-refractivity contribution in [3.8, 4) is 0 Å². The lowest BCUT2D eigenvalue weighted by atomic mass is 10.3. The topological polar surface area (TPSA) is 12.4 Å². The van der Waals surface area contributed by atoms with Crippen molar-refractivity contribution in [1.82, 2.24) is 0 Å². The standard InChI is InChI=1S/C7H13NS/c1-4-7-8-5(2)6(3)9-7/h6-7H,4H2,1-3H3/t6-,7-/m0/s1. The second kappa shape index (κ2) is 2.74. The number of thioether (sulfide) groups is 1. The largest absolute Gasteiger partial charge is 0.279 e. The molecule has 52 valence electrons. The number of aliphatic imine (C=N–C) groups is 1. The van der Waals surface area contributed by atoms with Gasteiger partial charge in [-0.25, -0.2) is 0 Å². The first-order valence-corrected chi connectivity index (χ1v) is 4.38. The first kappa shape index (κ1) is 7.13. The van der Waals surface area contributed by atoms with Gasteiger partial charge in [-0.15, -0.1) is 11.8 Å². The van der Waals surface area contributed by atoms with Gasteiger partial charge in [0.25, 0.3) is 0 Å². The summed E-state index contributed by atoms with van der Waals surface area (Å²) in [4.78, 5) is 4.47. The Morgan fingerprint density at radius 2 is 2.33 bits per heavy atom. The molecule has 9 heavy (non-hydrogen) atoms. The summed E-state index contributed by atoms with van der Waals surface area (Å²) in [5.41, 5.74) is 1.31. The Hall–Kier alpha value is 0.0200. The molecule has 0 saturated heterocycles. The summed E-state index contributed by atoms with van der Waals surface area (Å²) in [6.07, 6.45) is 1.17. The summed E-state index contributed by atoms with van der Waals surface area (Å²) in [6, 6.07) is 0. The van der Waals surface area contributed by atoms with Crippen LogP contribution >= 0.6 is 11.8 Å². The molecule has 1 heterocycles. The third-order valence-electron chi connectivity index (χ3n) is 1.65. The molecule has 1 rings (SSSR count). The molecule has 0 unspecified atom stereocenters. The maximum atomic E-state index is 4.47. The average Bonchev–Trinajstić information content (AvgIpc) is 2.13. The van der Waals surface area contributed by atoms with Crippen LogP contribution < -0.4 is 0 Å². The van der Waals surface area contributed by atoms with E-state index in [1.165, 1.54) is 12.1 Å². The molecule has 0 fully saturated rings. The van der Waals surface area contributed by atoms with E-state index in [1.54, 1.807) is 0 Å². The van der Waals surface area contributed by atoms with E-state index in [-0.39, 0.29) is 0 Å². The van der Waals surface area contributed by atoms with E-state index in [4.69, 9.17) is 0 Å². The molecule has 0 spiro atoms. The van der Waals surface area contributed by atoms with Gasteiger partial charge in [0.1, 0.15) is 0 Å². The molecule has 1 aliphatic heterocycles. The van der Waals surface area contributed by atoms with Crippen molar-refractivity contribution < 1.29 is 0 Å². The molecule has 0 N–H and O–H groups in total. The number of hydrogen-bond donors (Lipinski definition) is 0. The maximum Gasteiger partial charge on any atom is 0.0954 e. The van der Waals surface area contributed by atoms with Crippen LogP contribution in [0.4, 0.5) is 0 Å². The molecule has 0 radical (unpaired) electrons. The molecule has 2 atom stereocenters. The molecule has 0 aromatic carbocycles. The number of rotatable bonds is 1. The lowest BCUT2D eigenvalue weighted by Crippen LogP contribution is -2.01. The molecular formula is C7H13NS. The van der Waals surface area contributed by atoms with Gasteiger partial charge in [-0.3, -0.25) is 4.99 Å². The highest BCUT2D eigenvalue weighted by Gasteiger charge is 2.19. The van der Waals surface area contributed by atoms with Gasteiger partial charge in [0, 0.05) is 11.0 Å². The minimum Gasteiger partial charge on any atom is -0.279 e. The van der Waals surface area contributed by atoms with E-state index in [1.807, 2.05) is 11.8 Å². The van der Waals surface area contributed by atoms with E-state index in [2.05, 4.69) is 25.8 Å². The summed E-state index contributed by atoms with van der Waals surface area (Å²) in [5, 5.41) is 1.22.